The van der Waals surface area contributed by atoms with Crippen LogP contribution in [0.2, 0.25) is 0 Å². The molecule has 0 bridgehead atoms. The number of methoxy groups -OCH3 is 2. The molecule has 0 amide bonds. The topological polar surface area (TPSA) is 133 Å². The quantitative estimate of drug-likeness (QED) is 0.0727. The van der Waals surface area contributed by atoms with Gasteiger partial charge in [0.2, 0.25) is 5.60 Å². The van der Waals surface area contributed by atoms with Crippen molar-refractivity contribution in [3.05, 3.63) is 216 Å². The first-order chi connectivity index (χ1) is 31.2. The summed E-state index contributed by atoms with van der Waals surface area (Å²) < 4.78 is 42.9. The fourth-order valence-electron chi connectivity index (χ4n) is 8.69. The van der Waals surface area contributed by atoms with Gasteiger partial charge in [-0.1, -0.05) is 152 Å². The standard InChI is InChI=1S/C52H44FN5O6/c1-4-49(60)47(59)50(53,33-63-52(39-21-13-7-14-22-39,40-23-15-8-16-24-40)41-27-31-43(62-3)32-28-41)64-48(49)58-35-56-44-45(54-34-55-46(44)58)57-51(36-17-9-5-10-18-36,37-19-11-6-12-20-37)38-25-29-42(61-2)30-26-38/h1,5-32,34-35,47-48,59-60H,33H2,2-3H3,(H,54,55,57)/t47-,48+,49+,50+/m0/s1. The molecule has 64 heavy (non-hydrogen) atoms. The third-order valence-electron chi connectivity index (χ3n) is 11.9. The molecule has 3 heterocycles. The molecule has 1 fully saturated rings. The van der Waals surface area contributed by atoms with Crippen LogP contribution in [0.25, 0.3) is 11.2 Å². The molecule has 1 aliphatic heterocycles. The molecule has 1 saturated heterocycles. The predicted molar refractivity (Wildman–Crippen MR) is 240 cm³/mol. The molecular formula is C52H44FN5O6. The summed E-state index contributed by atoms with van der Waals surface area (Å²) in [5.41, 5.74) is -0.108. The van der Waals surface area contributed by atoms with E-state index in [-0.39, 0.29) is 11.2 Å². The smallest absolute Gasteiger partial charge is 0.264 e. The molecule has 0 unspecified atom stereocenters. The summed E-state index contributed by atoms with van der Waals surface area (Å²) >= 11 is 0. The maximum Gasteiger partial charge on any atom is 0.264 e. The first-order valence-corrected chi connectivity index (χ1v) is 20.6. The van der Waals surface area contributed by atoms with Crippen molar-refractivity contribution in [2.75, 3.05) is 26.1 Å². The van der Waals surface area contributed by atoms with Gasteiger partial charge in [-0.3, -0.25) is 4.57 Å². The number of anilines is 1. The van der Waals surface area contributed by atoms with Gasteiger partial charge in [-0.25, -0.2) is 19.3 Å². The molecule has 320 valence electrons. The molecule has 11 nitrogen and oxygen atoms in total. The number of hydrogen-bond acceptors (Lipinski definition) is 10. The fraction of sp³-hybridized carbons (Fsp3) is 0.173. The first-order valence-electron chi connectivity index (χ1n) is 20.6. The highest BCUT2D eigenvalue weighted by Gasteiger charge is 2.66. The Morgan fingerprint density at radius 3 is 1.62 bits per heavy atom. The van der Waals surface area contributed by atoms with E-state index in [1.54, 1.807) is 26.4 Å². The Bertz CT molecular complexity index is 2800. The van der Waals surface area contributed by atoms with Crippen LogP contribution in [0.1, 0.15) is 39.6 Å². The zero-order valence-corrected chi connectivity index (χ0v) is 35.0. The van der Waals surface area contributed by atoms with E-state index in [1.807, 2.05) is 158 Å². The van der Waals surface area contributed by atoms with Gasteiger partial charge in [-0.2, -0.15) is 0 Å². The molecule has 2 aromatic heterocycles. The SMILES string of the molecule is C#C[C@]1(O)[C@H](n2cnc3c(NC(c4ccccc4)(c4ccccc4)c4ccc(OC)cc4)ncnc32)O[C@](F)(COC(c2ccccc2)(c2ccccc2)c2ccc(OC)cc2)[C@H]1O. The minimum Gasteiger partial charge on any atom is -0.497 e. The number of benzene rings is 6. The highest BCUT2D eigenvalue weighted by atomic mass is 19.2. The Morgan fingerprint density at radius 1 is 0.688 bits per heavy atom. The summed E-state index contributed by atoms with van der Waals surface area (Å²) in [5, 5.41) is 27.7. The lowest BCUT2D eigenvalue weighted by molar-refractivity contribution is -0.228. The normalized spacial score (nSPS) is 19.8. The summed E-state index contributed by atoms with van der Waals surface area (Å²) in [7, 11) is 3.18. The fourth-order valence-corrected chi connectivity index (χ4v) is 8.69. The highest BCUT2D eigenvalue weighted by Crippen LogP contribution is 2.49. The highest BCUT2D eigenvalue weighted by molar-refractivity contribution is 5.84. The molecule has 6 aromatic carbocycles. The van der Waals surface area contributed by atoms with E-state index in [1.165, 1.54) is 17.2 Å². The monoisotopic (exact) mass is 853 g/mol. The Morgan fingerprint density at radius 2 is 1.14 bits per heavy atom. The maximum atomic E-state index is 17.8. The third kappa shape index (κ3) is 7.01. The van der Waals surface area contributed by atoms with Gasteiger partial charge in [0.1, 0.15) is 35.6 Å². The number of fused-ring (bicyclic) bond motifs is 1. The van der Waals surface area contributed by atoms with Gasteiger partial charge in [0.05, 0.1) is 20.5 Å². The molecule has 0 saturated carbocycles. The number of rotatable bonds is 14. The Labute approximate surface area is 369 Å². The summed E-state index contributed by atoms with van der Waals surface area (Å²) in [5.74, 6) is 0.764. The van der Waals surface area contributed by atoms with E-state index in [2.05, 4.69) is 21.2 Å². The molecule has 0 radical (unpaired) electrons. The van der Waals surface area contributed by atoms with Crippen LogP contribution in [-0.2, 0) is 20.6 Å². The number of halogens is 1. The Hall–Kier alpha value is -7.40. The Balaban J connectivity index is 1.12. The van der Waals surface area contributed by atoms with Gasteiger partial charge in [0.15, 0.2) is 29.3 Å². The van der Waals surface area contributed by atoms with E-state index < -0.39 is 41.5 Å². The number of hydrogen-bond donors (Lipinski definition) is 3. The molecule has 1 aliphatic rings. The van der Waals surface area contributed by atoms with Crippen molar-refractivity contribution in [2.24, 2.45) is 0 Å². The lowest BCUT2D eigenvalue weighted by atomic mass is 9.77. The number of alkyl halides is 1. The van der Waals surface area contributed by atoms with Crippen LogP contribution in [0.5, 0.6) is 11.5 Å². The summed E-state index contributed by atoms with van der Waals surface area (Å²) in [4.78, 5) is 13.9. The number of terminal acetylenes is 1. The molecule has 9 rings (SSSR count). The maximum absolute atomic E-state index is 17.8. The Kier molecular flexibility index (Phi) is 11.2. The van der Waals surface area contributed by atoms with E-state index in [0.29, 0.717) is 34.0 Å². The van der Waals surface area contributed by atoms with Crippen LogP contribution in [-0.4, -0.2) is 68.1 Å². The van der Waals surface area contributed by atoms with Gasteiger partial charge in [0.25, 0.3) is 5.85 Å². The summed E-state index contributed by atoms with van der Waals surface area (Å²) in [6.45, 7) is -0.878. The largest absolute Gasteiger partial charge is 0.497 e. The second-order valence-electron chi connectivity index (χ2n) is 15.4. The van der Waals surface area contributed by atoms with Crippen LogP contribution in [0.15, 0.2) is 183 Å². The molecule has 12 heteroatoms. The van der Waals surface area contributed by atoms with Crippen molar-refractivity contribution in [1.82, 2.24) is 19.5 Å². The van der Waals surface area contributed by atoms with Crippen molar-refractivity contribution in [2.45, 2.75) is 34.9 Å². The molecular weight excluding hydrogens is 810 g/mol. The third-order valence-corrected chi connectivity index (χ3v) is 11.9. The van der Waals surface area contributed by atoms with Crippen molar-refractivity contribution < 1.29 is 33.6 Å². The van der Waals surface area contributed by atoms with Crippen LogP contribution in [0.4, 0.5) is 10.2 Å². The van der Waals surface area contributed by atoms with Crippen LogP contribution >= 0.6 is 0 Å². The molecule has 4 atom stereocenters. The van der Waals surface area contributed by atoms with Gasteiger partial charge in [0, 0.05) is 0 Å². The number of nitrogens with one attached hydrogen (secondary N) is 1. The average molecular weight is 854 g/mol. The van der Waals surface area contributed by atoms with E-state index in [0.717, 1.165) is 16.7 Å². The van der Waals surface area contributed by atoms with Crippen LogP contribution in [0, 0.1) is 12.3 Å². The second kappa shape index (κ2) is 17.0. The van der Waals surface area contributed by atoms with Crippen molar-refractivity contribution in [3.63, 3.8) is 0 Å². The van der Waals surface area contributed by atoms with Crippen LogP contribution < -0.4 is 14.8 Å². The zero-order chi connectivity index (χ0) is 44.4. The number of aliphatic hydroxyl groups is 2. The van der Waals surface area contributed by atoms with Crippen LogP contribution in [0.3, 0.4) is 0 Å². The number of ether oxygens (including phenoxy) is 4. The summed E-state index contributed by atoms with van der Waals surface area (Å²) in [6, 6.07) is 53.4. The lowest BCUT2D eigenvalue weighted by Crippen LogP contribution is -2.51. The molecule has 0 spiro atoms. The van der Waals surface area contributed by atoms with Gasteiger partial charge in [-0.05, 0) is 57.6 Å². The minimum atomic E-state index is -3.07. The summed E-state index contributed by atoms with van der Waals surface area (Å²) in [6.07, 6.45) is 4.61. The average Bonchev–Trinajstić information content (AvgIpc) is 3.88. The van der Waals surface area contributed by atoms with Crippen molar-refractivity contribution in [3.8, 4) is 23.8 Å². The van der Waals surface area contributed by atoms with E-state index in [4.69, 9.17) is 30.4 Å². The lowest BCUT2D eigenvalue weighted by Gasteiger charge is -2.38. The second-order valence-corrected chi connectivity index (χ2v) is 15.4. The molecule has 0 aliphatic carbocycles. The predicted octanol–water partition coefficient (Wildman–Crippen LogP) is 8.18. The van der Waals surface area contributed by atoms with E-state index in [9.17, 15) is 10.2 Å². The molecule has 8 aromatic rings. The minimum absolute atomic E-state index is 0.138. The first kappa shape index (κ1) is 41.9. The molecule has 3 N–H and O–H groups in total. The number of imidazole rings is 1. The van der Waals surface area contributed by atoms with Gasteiger partial charge in [-0.15, -0.1) is 6.42 Å². The number of aliphatic hydroxyl groups excluding tert-OH is 1. The number of nitrogens with zero attached hydrogens (tertiary/aromatic N) is 4. The van der Waals surface area contributed by atoms with Crippen molar-refractivity contribution >= 4 is 17.0 Å². The van der Waals surface area contributed by atoms with Gasteiger partial charge >= 0.3 is 0 Å². The van der Waals surface area contributed by atoms with Gasteiger partial charge < -0.3 is 34.5 Å². The number of aromatic nitrogens is 4. The van der Waals surface area contributed by atoms with Crippen molar-refractivity contribution in [1.29, 1.82) is 0 Å². The van der Waals surface area contributed by atoms with E-state index >= 15 is 4.39 Å². The zero-order valence-electron chi connectivity index (χ0n) is 35.0.